The molecule has 0 amide bonds. The highest BCUT2D eigenvalue weighted by molar-refractivity contribution is 7.89. The van der Waals surface area contributed by atoms with Crippen LogP contribution in [0.1, 0.15) is 27.2 Å². The van der Waals surface area contributed by atoms with E-state index >= 15 is 0 Å². The van der Waals surface area contributed by atoms with Crippen molar-refractivity contribution in [3.63, 3.8) is 0 Å². The van der Waals surface area contributed by atoms with Crippen molar-refractivity contribution in [1.82, 2.24) is 0 Å². The Morgan fingerprint density at radius 3 is 2.62 bits per heavy atom. The van der Waals surface area contributed by atoms with E-state index in [-0.39, 0.29) is 22.5 Å². The number of nitrogens with one attached hydrogen (secondary N) is 1. The summed E-state index contributed by atoms with van der Waals surface area (Å²) in [4.78, 5) is 0.0534. The van der Waals surface area contributed by atoms with Crippen LogP contribution in [0.3, 0.4) is 0 Å². The van der Waals surface area contributed by atoms with Crippen molar-refractivity contribution in [3.8, 4) is 0 Å². The molecular weight excluding hydrogens is 290 g/mol. The van der Waals surface area contributed by atoms with Gasteiger partial charge in [0.2, 0.25) is 10.0 Å². The van der Waals surface area contributed by atoms with Crippen molar-refractivity contribution in [2.24, 2.45) is 10.6 Å². The summed E-state index contributed by atoms with van der Waals surface area (Å²) in [5, 5.41) is 8.46. The summed E-state index contributed by atoms with van der Waals surface area (Å²) in [6.45, 7) is 6.90. The minimum atomic E-state index is -3.73. The Morgan fingerprint density at radius 1 is 1.43 bits per heavy atom. The fraction of sp³-hybridized carbons (Fsp3) is 0.571. The molecule has 118 valence electrons. The lowest BCUT2D eigenvalue weighted by Crippen LogP contribution is -2.58. The summed E-state index contributed by atoms with van der Waals surface area (Å²) in [5.41, 5.74) is 6.96. The lowest BCUT2D eigenvalue weighted by atomic mass is 9.64. The number of primary sulfonamides is 1. The third-order valence-electron chi connectivity index (χ3n) is 4.23. The first-order chi connectivity index (χ1) is 9.66. The monoisotopic (exact) mass is 313 g/mol. The number of anilines is 2. The fourth-order valence-corrected chi connectivity index (χ4v) is 3.18. The highest BCUT2D eigenvalue weighted by Crippen LogP contribution is 2.45. The maximum Gasteiger partial charge on any atom is 0.238 e. The molecular formula is C14H23N3O3S. The van der Waals surface area contributed by atoms with Gasteiger partial charge in [-0.15, -0.1) is 0 Å². The predicted octanol–water partition coefficient (Wildman–Crippen LogP) is 1.53. The second-order valence-corrected chi connectivity index (χ2v) is 7.55. The Labute approximate surface area is 125 Å². The van der Waals surface area contributed by atoms with Gasteiger partial charge in [0.15, 0.2) is 0 Å². The first kappa shape index (κ1) is 16.1. The summed E-state index contributed by atoms with van der Waals surface area (Å²) in [6.07, 6.45) is 1.06. The molecule has 7 heteroatoms. The van der Waals surface area contributed by atoms with Gasteiger partial charge in [0.1, 0.15) is 0 Å². The largest absolute Gasteiger partial charge is 0.397 e. The molecule has 6 nitrogen and oxygen atoms in total. The molecule has 0 saturated heterocycles. The molecule has 0 spiro atoms. The van der Waals surface area contributed by atoms with Gasteiger partial charge < -0.3 is 15.8 Å². The molecule has 2 rings (SSSR count). The van der Waals surface area contributed by atoms with Crippen molar-refractivity contribution < 1.29 is 13.2 Å². The topological polar surface area (TPSA) is 107 Å². The molecule has 0 radical (unpaired) electrons. The van der Waals surface area contributed by atoms with E-state index in [4.69, 9.17) is 15.6 Å². The van der Waals surface area contributed by atoms with Gasteiger partial charge in [0, 0.05) is 18.1 Å². The summed E-state index contributed by atoms with van der Waals surface area (Å²) in [5.74, 6) is 0. The Morgan fingerprint density at radius 2 is 2.10 bits per heavy atom. The van der Waals surface area contributed by atoms with E-state index in [0.29, 0.717) is 18.0 Å². The van der Waals surface area contributed by atoms with E-state index in [2.05, 4.69) is 19.2 Å². The molecule has 2 unspecified atom stereocenters. The SMILES string of the molecule is CCOC1CC(Nc2cc(S(N)(=O)=O)ccc2N)C1(C)C. The molecule has 5 N–H and O–H groups in total. The zero-order chi connectivity index (χ0) is 15.8. The van der Waals surface area contributed by atoms with Crippen LogP contribution in [0.15, 0.2) is 23.1 Å². The van der Waals surface area contributed by atoms with Crippen molar-refractivity contribution in [3.05, 3.63) is 18.2 Å². The van der Waals surface area contributed by atoms with Gasteiger partial charge >= 0.3 is 0 Å². The van der Waals surface area contributed by atoms with E-state index in [1.54, 1.807) is 6.07 Å². The zero-order valence-corrected chi connectivity index (χ0v) is 13.4. The van der Waals surface area contributed by atoms with Gasteiger partial charge in [-0.2, -0.15) is 0 Å². The second-order valence-electron chi connectivity index (χ2n) is 5.99. The van der Waals surface area contributed by atoms with Crippen LogP contribution in [0.25, 0.3) is 0 Å². The zero-order valence-electron chi connectivity index (χ0n) is 12.6. The molecule has 0 aromatic heterocycles. The van der Waals surface area contributed by atoms with Crippen LogP contribution >= 0.6 is 0 Å². The van der Waals surface area contributed by atoms with Crippen molar-refractivity contribution in [2.75, 3.05) is 17.7 Å². The Kier molecular flexibility index (Phi) is 4.19. The third kappa shape index (κ3) is 3.14. The van der Waals surface area contributed by atoms with Crippen LogP contribution in [0, 0.1) is 5.41 Å². The number of nitrogen functional groups attached to an aromatic ring is 1. The summed E-state index contributed by atoms with van der Waals surface area (Å²) in [7, 11) is -3.73. The molecule has 1 aliphatic carbocycles. The molecule has 1 saturated carbocycles. The van der Waals surface area contributed by atoms with Gasteiger partial charge in [0.25, 0.3) is 0 Å². The van der Waals surface area contributed by atoms with E-state index in [0.717, 1.165) is 6.42 Å². The smallest absolute Gasteiger partial charge is 0.238 e. The Bertz CT molecular complexity index is 628. The average Bonchev–Trinajstić information content (AvgIpc) is 2.38. The van der Waals surface area contributed by atoms with E-state index in [1.165, 1.54) is 12.1 Å². The molecule has 1 fully saturated rings. The number of ether oxygens (including phenoxy) is 1. The van der Waals surface area contributed by atoms with Gasteiger partial charge in [-0.3, -0.25) is 0 Å². The number of rotatable bonds is 5. The van der Waals surface area contributed by atoms with Gasteiger partial charge in [0.05, 0.1) is 22.4 Å². The van der Waals surface area contributed by atoms with Crippen LogP contribution in [-0.2, 0) is 14.8 Å². The normalized spacial score (nSPS) is 24.4. The lowest BCUT2D eigenvalue weighted by Gasteiger charge is -2.52. The molecule has 1 aromatic rings. The van der Waals surface area contributed by atoms with Crippen LogP contribution < -0.4 is 16.2 Å². The summed E-state index contributed by atoms with van der Waals surface area (Å²) < 4.78 is 28.5. The number of hydrogen-bond acceptors (Lipinski definition) is 5. The van der Waals surface area contributed by atoms with E-state index in [1.807, 2.05) is 6.92 Å². The van der Waals surface area contributed by atoms with Crippen LogP contribution in [0.5, 0.6) is 0 Å². The maximum atomic E-state index is 11.4. The van der Waals surface area contributed by atoms with Crippen LogP contribution in [0.2, 0.25) is 0 Å². The van der Waals surface area contributed by atoms with E-state index in [9.17, 15) is 8.42 Å². The minimum Gasteiger partial charge on any atom is -0.397 e. The summed E-state index contributed by atoms with van der Waals surface area (Å²) >= 11 is 0. The number of hydrogen-bond donors (Lipinski definition) is 3. The van der Waals surface area contributed by atoms with E-state index < -0.39 is 10.0 Å². The van der Waals surface area contributed by atoms with Gasteiger partial charge in [-0.05, 0) is 31.5 Å². The van der Waals surface area contributed by atoms with Crippen molar-refractivity contribution in [2.45, 2.75) is 44.2 Å². The molecule has 21 heavy (non-hydrogen) atoms. The van der Waals surface area contributed by atoms with Crippen LogP contribution in [-0.4, -0.2) is 27.2 Å². The second kappa shape index (κ2) is 5.47. The van der Waals surface area contributed by atoms with Crippen LogP contribution in [0.4, 0.5) is 11.4 Å². The first-order valence-electron chi connectivity index (χ1n) is 6.96. The van der Waals surface area contributed by atoms with Gasteiger partial charge in [-0.25, -0.2) is 13.6 Å². The third-order valence-corrected chi connectivity index (χ3v) is 5.14. The number of benzene rings is 1. The molecule has 2 atom stereocenters. The minimum absolute atomic E-state index is 0.0416. The highest BCUT2D eigenvalue weighted by atomic mass is 32.2. The van der Waals surface area contributed by atoms with Crippen molar-refractivity contribution >= 4 is 21.4 Å². The highest BCUT2D eigenvalue weighted by Gasteiger charge is 2.49. The quantitative estimate of drug-likeness (QED) is 0.715. The maximum absolute atomic E-state index is 11.4. The predicted molar refractivity (Wildman–Crippen MR) is 83.5 cm³/mol. The molecule has 0 heterocycles. The number of sulfonamides is 1. The molecule has 1 aliphatic rings. The Balaban J connectivity index is 2.18. The molecule has 1 aromatic carbocycles. The first-order valence-corrected chi connectivity index (χ1v) is 8.51. The standard InChI is InChI=1S/C14H23N3O3S/c1-4-20-13-8-12(14(13,2)3)17-11-7-9(21(16,18)19)5-6-10(11)15/h5-7,12-13,17H,4,8,15H2,1-3H3,(H2,16,18,19). The lowest BCUT2D eigenvalue weighted by molar-refractivity contribution is -0.0975. The summed E-state index contributed by atoms with van der Waals surface area (Å²) in [6, 6.07) is 4.61. The molecule has 0 bridgehead atoms. The number of nitrogens with two attached hydrogens (primary N) is 2. The van der Waals surface area contributed by atoms with Gasteiger partial charge in [-0.1, -0.05) is 13.8 Å². The Hall–Kier alpha value is -1.31. The van der Waals surface area contributed by atoms with Crippen molar-refractivity contribution in [1.29, 1.82) is 0 Å². The molecule has 0 aliphatic heterocycles. The average molecular weight is 313 g/mol. The fourth-order valence-electron chi connectivity index (χ4n) is 2.64.